The molecule has 5 nitrogen and oxygen atoms in total. The second-order valence-corrected chi connectivity index (χ2v) is 3.09. The Morgan fingerprint density at radius 2 is 2.38 bits per heavy atom. The molecule has 0 saturated carbocycles. The molecule has 13 heavy (non-hydrogen) atoms. The van der Waals surface area contributed by atoms with E-state index in [0.29, 0.717) is 16.7 Å². The molecule has 0 aromatic carbocycles. The third-order valence-corrected chi connectivity index (χ3v) is 2.14. The molecule has 0 unspecified atom stereocenters. The molecule has 2 N–H and O–H groups in total. The average molecular weight is 246 g/mol. The molecule has 70 valence electrons. The van der Waals surface area contributed by atoms with E-state index in [1.807, 2.05) is 0 Å². The van der Waals surface area contributed by atoms with Crippen molar-refractivity contribution in [3.8, 4) is 0 Å². The SMILES string of the molecule is Cc1nc(CBr)cc(N)c1[N+](=O)[O-]. The van der Waals surface area contributed by atoms with Crippen LogP contribution in [-0.2, 0) is 5.33 Å². The van der Waals surface area contributed by atoms with Crippen LogP contribution in [0.1, 0.15) is 11.4 Å². The van der Waals surface area contributed by atoms with Gasteiger partial charge in [0.15, 0.2) is 0 Å². The summed E-state index contributed by atoms with van der Waals surface area (Å²) in [6.45, 7) is 1.57. The van der Waals surface area contributed by atoms with Gasteiger partial charge >= 0.3 is 5.69 Å². The number of nitrogens with two attached hydrogens (primary N) is 1. The number of alkyl halides is 1. The first-order valence-electron chi connectivity index (χ1n) is 3.52. The number of nitro groups is 1. The molecule has 0 spiro atoms. The van der Waals surface area contributed by atoms with E-state index in [2.05, 4.69) is 20.9 Å². The number of aryl methyl sites for hydroxylation is 1. The zero-order chi connectivity index (χ0) is 10.0. The molecular weight excluding hydrogens is 238 g/mol. The smallest absolute Gasteiger partial charge is 0.313 e. The van der Waals surface area contributed by atoms with Crippen LogP contribution in [0.2, 0.25) is 0 Å². The van der Waals surface area contributed by atoms with Gasteiger partial charge in [0.05, 0.1) is 10.6 Å². The van der Waals surface area contributed by atoms with Gasteiger partial charge in [-0.25, -0.2) is 4.98 Å². The Morgan fingerprint density at radius 1 is 1.77 bits per heavy atom. The number of hydrogen-bond donors (Lipinski definition) is 1. The minimum absolute atomic E-state index is 0.107. The lowest BCUT2D eigenvalue weighted by Crippen LogP contribution is -2.02. The molecule has 0 saturated heterocycles. The lowest BCUT2D eigenvalue weighted by atomic mass is 10.2. The van der Waals surface area contributed by atoms with Gasteiger partial charge in [-0.1, -0.05) is 15.9 Å². The third-order valence-electron chi connectivity index (χ3n) is 1.57. The molecule has 0 atom stereocenters. The summed E-state index contributed by atoms with van der Waals surface area (Å²) in [5.41, 5.74) is 6.59. The van der Waals surface area contributed by atoms with Crippen LogP contribution in [0.3, 0.4) is 0 Å². The van der Waals surface area contributed by atoms with Crippen molar-refractivity contribution >= 4 is 27.3 Å². The fourth-order valence-corrected chi connectivity index (χ4v) is 1.35. The molecule has 1 rings (SSSR count). The maximum Gasteiger partial charge on any atom is 0.313 e. The summed E-state index contributed by atoms with van der Waals surface area (Å²) in [6, 6.07) is 1.50. The number of rotatable bonds is 2. The first kappa shape index (κ1) is 9.91. The van der Waals surface area contributed by atoms with E-state index in [1.165, 1.54) is 6.07 Å². The molecule has 0 aliphatic rings. The van der Waals surface area contributed by atoms with Crippen LogP contribution in [0, 0.1) is 17.0 Å². The number of halogens is 1. The van der Waals surface area contributed by atoms with Gasteiger partial charge in [0, 0.05) is 5.33 Å². The van der Waals surface area contributed by atoms with E-state index in [4.69, 9.17) is 5.73 Å². The van der Waals surface area contributed by atoms with Crippen LogP contribution < -0.4 is 5.73 Å². The number of nitrogens with zero attached hydrogens (tertiary/aromatic N) is 2. The Balaban J connectivity index is 3.31. The summed E-state index contributed by atoms with van der Waals surface area (Å²) in [6.07, 6.45) is 0. The van der Waals surface area contributed by atoms with E-state index in [0.717, 1.165) is 0 Å². The summed E-state index contributed by atoms with van der Waals surface area (Å²) in [5.74, 6) is 0. The van der Waals surface area contributed by atoms with E-state index in [9.17, 15) is 10.1 Å². The van der Waals surface area contributed by atoms with Crippen LogP contribution >= 0.6 is 15.9 Å². The maximum absolute atomic E-state index is 10.5. The first-order valence-corrected chi connectivity index (χ1v) is 4.64. The van der Waals surface area contributed by atoms with Gasteiger partial charge in [0.2, 0.25) is 0 Å². The second-order valence-electron chi connectivity index (χ2n) is 2.53. The van der Waals surface area contributed by atoms with Crippen molar-refractivity contribution in [3.05, 3.63) is 27.6 Å². The molecule has 0 radical (unpaired) electrons. The van der Waals surface area contributed by atoms with Gasteiger partial charge < -0.3 is 5.73 Å². The molecule has 0 bridgehead atoms. The standard InChI is InChI=1S/C7H8BrN3O2/c1-4-7(11(12)13)6(9)2-5(3-8)10-4/h2H,3H2,1H3,(H2,9,10). The highest BCUT2D eigenvalue weighted by Crippen LogP contribution is 2.25. The summed E-state index contributed by atoms with van der Waals surface area (Å²) in [5, 5.41) is 11.1. The van der Waals surface area contributed by atoms with Crippen molar-refractivity contribution in [1.82, 2.24) is 4.98 Å². The van der Waals surface area contributed by atoms with Gasteiger partial charge in [-0.2, -0.15) is 0 Å². The highest BCUT2D eigenvalue weighted by Gasteiger charge is 2.17. The topological polar surface area (TPSA) is 82.0 Å². The molecule has 0 fully saturated rings. The normalized spacial score (nSPS) is 10.0. The van der Waals surface area contributed by atoms with Crippen LogP contribution in [-0.4, -0.2) is 9.91 Å². The second kappa shape index (κ2) is 3.69. The van der Waals surface area contributed by atoms with Crippen LogP contribution in [0.4, 0.5) is 11.4 Å². The molecule has 0 amide bonds. The van der Waals surface area contributed by atoms with Gasteiger partial charge in [0.25, 0.3) is 0 Å². The Hall–Kier alpha value is -1.17. The van der Waals surface area contributed by atoms with Crippen LogP contribution in [0.25, 0.3) is 0 Å². The highest BCUT2D eigenvalue weighted by atomic mass is 79.9. The van der Waals surface area contributed by atoms with E-state index >= 15 is 0 Å². The summed E-state index contributed by atoms with van der Waals surface area (Å²) in [7, 11) is 0. The number of nitrogen functional groups attached to an aromatic ring is 1. The average Bonchev–Trinajstić information content (AvgIpc) is 2.02. The summed E-state index contributed by atoms with van der Waals surface area (Å²) >= 11 is 3.20. The zero-order valence-electron chi connectivity index (χ0n) is 6.95. The minimum atomic E-state index is -0.518. The molecule has 1 heterocycles. The van der Waals surface area contributed by atoms with Crippen LogP contribution in [0.5, 0.6) is 0 Å². The quantitative estimate of drug-likeness (QED) is 0.489. The molecule has 6 heteroatoms. The molecular formula is C7H8BrN3O2. The molecule has 0 aliphatic carbocycles. The lowest BCUT2D eigenvalue weighted by molar-refractivity contribution is -0.384. The van der Waals surface area contributed by atoms with E-state index in [-0.39, 0.29) is 11.4 Å². The van der Waals surface area contributed by atoms with Crippen molar-refractivity contribution in [2.24, 2.45) is 0 Å². The van der Waals surface area contributed by atoms with E-state index < -0.39 is 4.92 Å². The lowest BCUT2D eigenvalue weighted by Gasteiger charge is -2.02. The van der Waals surface area contributed by atoms with E-state index in [1.54, 1.807) is 6.92 Å². The maximum atomic E-state index is 10.5. The Morgan fingerprint density at radius 3 is 2.77 bits per heavy atom. The predicted octanol–water partition coefficient (Wildman–Crippen LogP) is 1.78. The summed E-state index contributed by atoms with van der Waals surface area (Å²) in [4.78, 5) is 14.0. The molecule has 1 aromatic rings. The van der Waals surface area contributed by atoms with Crippen molar-refractivity contribution < 1.29 is 4.92 Å². The van der Waals surface area contributed by atoms with Crippen molar-refractivity contribution in [2.75, 3.05) is 5.73 Å². The van der Waals surface area contributed by atoms with Gasteiger partial charge in [-0.3, -0.25) is 10.1 Å². The number of aromatic nitrogens is 1. The Bertz CT molecular complexity index is 331. The fraction of sp³-hybridized carbons (Fsp3) is 0.286. The highest BCUT2D eigenvalue weighted by molar-refractivity contribution is 9.08. The number of hydrogen-bond acceptors (Lipinski definition) is 4. The largest absolute Gasteiger partial charge is 0.393 e. The third kappa shape index (κ3) is 1.95. The van der Waals surface area contributed by atoms with Crippen LogP contribution in [0.15, 0.2) is 6.07 Å². The van der Waals surface area contributed by atoms with Crippen molar-refractivity contribution in [3.63, 3.8) is 0 Å². The minimum Gasteiger partial charge on any atom is -0.393 e. The Labute approximate surface area is 83.2 Å². The van der Waals surface area contributed by atoms with Crippen molar-refractivity contribution in [1.29, 1.82) is 0 Å². The van der Waals surface area contributed by atoms with Gasteiger partial charge in [-0.15, -0.1) is 0 Å². The monoisotopic (exact) mass is 245 g/mol. The fourth-order valence-electron chi connectivity index (χ4n) is 1.06. The van der Waals surface area contributed by atoms with Gasteiger partial charge in [0.1, 0.15) is 11.4 Å². The number of pyridine rings is 1. The Kier molecular flexibility index (Phi) is 2.82. The molecule has 1 aromatic heterocycles. The number of anilines is 1. The molecule has 0 aliphatic heterocycles. The summed E-state index contributed by atoms with van der Waals surface area (Å²) < 4.78 is 0. The predicted molar refractivity (Wildman–Crippen MR) is 52.7 cm³/mol. The van der Waals surface area contributed by atoms with Crippen molar-refractivity contribution in [2.45, 2.75) is 12.3 Å². The van der Waals surface area contributed by atoms with Gasteiger partial charge in [-0.05, 0) is 13.0 Å². The first-order chi connectivity index (χ1) is 6.06. The zero-order valence-corrected chi connectivity index (χ0v) is 8.54.